The van der Waals surface area contributed by atoms with Crippen LogP contribution >= 0.6 is 0 Å². The third-order valence-corrected chi connectivity index (χ3v) is 6.65. The third kappa shape index (κ3) is 4.07. The molecular formula is C23H21FN2O3S. The molecule has 1 unspecified atom stereocenters. The highest BCUT2D eigenvalue weighted by Crippen LogP contribution is 2.31. The zero-order chi connectivity index (χ0) is 21.3. The van der Waals surface area contributed by atoms with Crippen LogP contribution in [0.5, 0.6) is 0 Å². The van der Waals surface area contributed by atoms with Crippen LogP contribution in [0.4, 0.5) is 10.1 Å². The first-order valence-corrected chi connectivity index (χ1v) is 11.1. The molecule has 30 heavy (non-hydrogen) atoms. The smallest absolute Gasteiger partial charge is 0.261 e. The lowest BCUT2D eigenvalue weighted by molar-refractivity contribution is 0.0936. The van der Waals surface area contributed by atoms with Gasteiger partial charge >= 0.3 is 0 Å². The molecule has 7 heteroatoms. The van der Waals surface area contributed by atoms with E-state index in [0.29, 0.717) is 11.1 Å². The molecule has 1 atom stereocenters. The highest BCUT2D eigenvalue weighted by atomic mass is 32.2. The third-order valence-electron chi connectivity index (χ3n) is 5.27. The van der Waals surface area contributed by atoms with Gasteiger partial charge in [-0.3, -0.25) is 9.52 Å². The maximum atomic E-state index is 13.8. The molecule has 0 radical (unpaired) electrons. The van der Waals surface area contributed by atoms with Crippen molar-refractivity contribution in [3.05, 3.63) is 94.8 Å². The van der Waals surface area contributed by atoms with Crippen molar-refractivity contribution in [3.63, 3.8) is 0 Å². The molecule has 2 N–H and O–H groups in total. The van der Waals surface area contributed by atoms with Crippen LogP contribution in [0.25, 0.3) is 0 Å². The minimum Gasteiger partial charge on any atom is -0.345 e. The second kappa shape index (κ2) is 7.91. The Hall–Kier alpha value is -3.19. The van der Waals surface area contributed by atoms with Crippen molar-refractivity contribution in [3.8, 4) is 0 Å². The Morgan fingerprint density at radius 1 is 1.03 bits per heavy atom. The summed E-state index contributed by atoms with van der Waals surface area (Å²) in [5.41, 5.74) is 3.28. The van der Waals surface area contributed by atoms with E-state index in [1.165, 1.54) is 23.8 Å². The molecule has 0 aliphatic heterocycles. The maximum absolute atomic E-state index is 13.8. The van der Waals surface area contributed by atoms with Crippen molar-refractivity contribution in [2.24, 2.45) is 0 Å². The number of sulfonamides is 1. The summed E-state index contributed by atoms with van der Waals surface area (Å²) in [5.74, 6) is -0.873. The van der Waals surface area contributed by atoms with Gasteiger partial charge < -0.3 is 5.32 Å². The first-order chi connectivity index (χ1) is 14.3. The normalized spacial score (nSPS) is 15.5. The molecule has 3 aromatic rings. The summed E-state index contributed by atoms with van der Waals surface area (Å²) >= 11 is 0. The topological polar surface area (TPSA) is 75.3 Å². The number of halogens is 1. The van der Waals surface area contributed by atoms with Crippen LogP contribution in [0.15, 0.2) is 71.6 Å². The fourth-order valence-corrected chi connectivity index (χ4v) is 4.69. The number of hydrogen-bond donors (Lipinski definition) is 2. The summed E-state index contributed by atoms with van der Waals surface area (Å²) in [5, 5.41) is 3.02. The Morgan fingerprint density at radius 2 is 1.83 bits per heavy atom. The zero-order valence-electron chi connectivity index (χ0n) is 16.4. The number of nitrogens with one attached hydrogen (secondary N) is 2. The van der Waals surface area contributed by atoms with Crippen molar-refractivity contribution in [2.45, 2.75) is 30.7 Å². The van der Waals surface area contributed by atoms with Gasteiger partial charge in [-0.15, -0.1) is 0 Å². The Bertz CT molecular complexity index is 1220. The van der Waals surface area contributed by atoms with Gasteiger partial charge in [-0.1, -0.05) is 36.4 Å². The van der Waals surface area contributed by atoms with Crippen LogP contribution in [-0.2, 0) is 16.4 Å². The summed E-state index contributed by atoms with van der Waals surface area (Å²) in [6, 6.07) is 17.9. The zero-order valence-corrected chi connectivity index (χ0v) is 17.2. The second-order valence-electron chi connectivity index (χ2n) is 7.36. The standard InChI is InChI=1S/C23H21FN2O3S/c1-15-9-11-19(14-21(15)24)30(28,29)26-18-7-4-6-17(13-18)23(27)25-22-12-10-16-5-2-3-8-20(16)22/h2-9,11,13-14,22,26H,10,12H2,1H3,(H,25,27). The minimum atomic E-state index is -3.98. The summed E-state index contributed by atoms with van der Waals surface area (Å²) in [4.78, 5) is 12.6. The van der Waals surface area contributed by atoms with Crippen LogP contribution < -0.4 is 10.0 Å². The van der Waals surface area contributed by atoms with Gasteiger partial charge in [0.05, 0.1) is 10.9 Å². The van der Waals surface area contributed by atoms with E-state index in [-0.39, 0.29) is 22.5 Å². The Morgan fingerprint density at radius 3 is 2.63 bits per heavy atom. The SMILES string of the molecule is Cc1ccc(S(=O)(=O)Nc2cccc(C(=O)NC3CCc4ccccc43)c2)cc1F. The molecule has 0 saturated carbocycles. The summed E-state index contributed by atoms with van der Waals surface area (Å²) in [7, 11) is -3.98. The summed E-state index contributed by atoms with van der Waals surface area (Å²) in [6.07, 6.45) is 1.74. The van der Waals surface area contributed by atoms with Gasteiger partial charge in [0.25, 0.3) is 15.9 Å². The van der Waals surface area contributed by atoms with Crippen LogP contribution in [0.3, 0.4) is 0 Å². The first-order valence-electron chi connectivity index (χ1n) is 9.61. The highest BCUT2D eigenvalue weighted by molar-refractivity contribution is 7.92. The molecule has 0 fully saturated rings. The van der Waals surface area contributed by atoms with E-state index in [0.717, 1.165) is 24.5 Å². The number of carbonyl (C=O) groups excluding carboxylic acids is 1. The second-order valence-corrected chi connectivity index (χ2v) is 9.04. The number of carbonyl (C=O) groups is 1. The molecule has 1 aliphatic rings. The van der Waals surface area contributed by atoms with Crippen LogP contribution in [-0.4, -0.2) is 14.3 Å². The van der Waals surface area contributed by atoms with Crippen molar-refractivity contribution in [2.75, 3.05) is 4.72 Å². The molecule has 3 aromatic carbocycles. The lowest BCUT2D eigenvalue weighted by Crippen LogP contribution is -2.27. The van der Waals surface area contributed by atoms with Gasteiger partial charge in [0.15, 0.2) is 0 Å². The number of aryl methyl sites for hydroxylation is 2. The van der Waals surface area contributed by atoms with Crippen molar-refractivity contribution in [1.29, 1.82) is 0 Å². The molecular weight excluding hydrogens is 403 g/mol. The molecule has 5 nitrogen and oxygen atoms in total. The van der Waals surface area contributed by atoms with E-state index in [9.17, 15) is 17.6 Å². The Kier molecular flexibility index (Phi) is 5.30. The van der Waals surface area contributed by atoms with Crippen LogP contribution in [0.2, 0.25) is 0 Å². The average Bonchev–Trinajstić information content (AvgIpc) is 3.13. The first kappa shape index (κ1) is 20.1. The molecule has 1 aliphatic carbocycles. The Balaban J connectivity index is 1.51. The Labute approximate surface area is 175 Å². The van der Waals surface area contributed by atoms with Crippen molar-refractivity contribution in [1.82, 2.24) is 5.32 Å². The number of amides is 1. The molecule has 0 saturated heterocycles. The quantitative estimate of drug-likeness (QED) is 0.639. The van der Waals surface area contributed by atoms with Gasteiger partial charge in [0, 0.05) is 11.3 Å². The maximum Gasteiger partial charge on any atom is 0.261 e. The number of fused-ring (bicyclic) bond motifs is 1. The number of hydrogen-bond acceptors (Lipinski definition) is 3. The molecule has 0 heterocycles. The highest BCUT2D eigenvalue weighted by Gasteiger charge is 2.24. The lowest BCUT2D eigenvalue weighted by Gasteiger charge is -2.15. The van der Waals surface area contributed by atoms with Crippen LogP contribution in [0.1, 0.15) is 39.5 Å². The lowest BCUT2D eigenvalue weighted by atomic mass is 10.1. The minimum absolute atomic E-state index is 0.0652. The summed E-state index contributed by atoms with van der Waals surface area (Å²) in [6.45, 7) is 1.56. The molecule has 0 bridgehead atoms. The molecule has 4 rings (SSSR count). The van der Waals surface area contributed by atoms with Gasteiger partial charge in [0.2, 0.25) is 0 Å². The van der Waals surface area contributed by atoms with E-state index in [2.05, 4.69) is 16.1 Å². The fourth-order valence-electron chi connectivity index (χ4n) is 3.63. The van der Waals surface area contributed by atoms with Gasteiger partial charge in [-0.25, -0.2) is 12.8 Å². The molecule has 154 valence electrons. The molecule has 0 spiro atoms. The molecule has 0 aromatic heterocycles. The van der Waals surface area contributed by atoms with E-state index in [4.69, 9.17) is 0 Å². The largest absolute Gasteiger partial charge is 0.345 e. The van der Waals surface area contributed by atoms with E-state index in [1.807, 2.05) is 18.2 Å². The van der Waals surface area contributed by atoms with Crippen molar-refractivity contribution >= 4 is 21.6 Å². The number of rotatable bonds is 5. The van der Waals surface area contributed by atoms with Crippen LogP contribution in [0, 0.1) is 12.7 Å². The summed E-state index contributed by atoms with van der Waals surface area (Å²) < 4.78 is 41.4. The van der Waals surface area contributed by atoms with Crippen molar-refractivity contribution < 1.29 is 17.6 Å². The van der Waals surface area contributed by atoms with E-state index < -0.39 is 15.8 Å². The molecule has 1 amide bonds. The predicted octanol–water partition coefficient (Wildman–Crippen LogP) is 4.35. The van der Waals surface area contributed by atoms with Gasteiger partial charge in [0.1, 0.15) is 5.82 Å². The number of anilines is 1. The van der Waals surface area contributed by atoms with Gasteiger partial charge in [-0.05, 0) is 66.8 Å². The monoisotopic (exact) mass is 424 g/mol. The van der Waals surface area contributed by atoms with E-state index in [1.54, 1.807) is 25.1 Å². The number of benzene rings is 3. The average molecular weight is 424 g/mol. The predicted molar refractivity (Wildman–Crippen MR) is 113 cm³/mol. The van der Waals surface area contributed by atoms with E-state index >= 15 is 0 Å². The van der Waals surface area contributed by atoms with Gasteiger partial charge in [-0.2, -0.15) is 0 Å². The fraction of sp³-hybridized carbons (Fsp3) is 0.174.